The highest BCUT2D eigenvalue weighted by atomic mass is 31.1. The number of benzene rings is 2. The average Bonchev–Trinajstić information content (AvgIpc) is 2.55. The van der Waals surface area contributed by atoms with Gasteiger partial charge in [0.1, 0.15) is 5.75 Å². The van der Waals surface area contributed by atoms with Crippen LogP contribution in [0.25, 0.3) is 0 Å². The van der Waals surface area contributed by atoms with E-state index in [1.54, 1.807) is 7.11 Å². The highest BCUT2D eigenvalue weighted by molar-refractivity contribution is 7.66. The van der Waals surface area contributed by atoms with E-state index in [0.717, 1.165) is 27.7 Å². The molecule has 4 heteroatoms. The molecule has 0 heterocycles. The number of aryl methyl sites for hydroxylation is 2. The number of carbonyl (C=O) groups excluding carboxylic acids is 1. The summed E-state index contributed by atoms with van der Waals surface area (Å²) in [5.41, 5.74) is 4.49. The van der Waals surface area contributed by atoms with Crippen LogP contribution in [-0.4, -0.2) is 18.9 Å². The van der Waals surface area contributed by atoms with Gasteiger partial charge in [-0.2, -0.15) is 0 Å². The molecule has 26 heavy (non-hydrogen) atoms. The van der Waals surface area contributed by atoms with E-state index < -0.39 is 0 Å². The van der Waals surface area contributed by atoms with Crippen LogP contribution in [0.1, 0.15) is 54.7 Å². The molecule has 0 bridgehead atoms. The lowest BCUT2D eigenvalue weighted by Crippen LogP contribution is -2.14. The third-order valence-corrected chi connectivity index (χ3v) is 5.47. The van der Waals surface area contributed by atoms with Crippen LogP contribution >= 0.6 is 8.58 Å². The molecule has 2 rings (SSSR count). The van der Waals surface area contributed by atoms with E-state index in [1.165, 1.54) is 5.56 Å². The molecule has 0 fully saturated rings. The molecule has 2 aromatic rings. The summed E-state index contributed by atoms with van der Waals surface area (Å²) in [4.78, 5) is 12.9. The van der Waals surface area contributed by atoms with Crippen LogP contribution in [0.5, 0.6) is 5.75 Å². The van der Waals surface area contributed by atoms with E-state index >= 15 is 0 Å². The minimum atomic E-state index is -0.295. The van der Waals surface area contributed by atoms with E-state index in [9.17, 15) is 4.79 Å². The van der Waals surface area contributed by atoms with Crippen molar-refractivity contribution in [2.24, 2.45) is 0 Å². The average molecular weight is 372 g/mol. The standard InChI is InChI=1S/C22H29O3P/c1-14-12-17(22(4,5)6)13-15(2)20(14)21(23)26-19-10-8-18(9-11-19)25-16(3)24-7/h8-13,16,26H,1-7H3. The van der Waals surface area contributed by atoms with Gasteiger partial charge in [-0.1, -0.05) is 45.0 Å². The first-order valence-corrected chi connectivity index (χ1v) is 9.84. The molecule has 0 N–H and O–H groups in total. The lowest BCUT2D eigenvalue weighted by Gasteiger charge is -2.22. The molecule has 0 spiro atoms. The topological polar surface area (TPSA) is 35.5 Å². The van der Waals surface area contributed by atoms with Crippen LogP contribution in [0.2, 0.25) is 0 Å². The van der Waals surface area contributed by atoms with Gasteiger partial charge >= 0.3 is 0 Å². The number of hydrogen-bond donors (Lipinski definition) is 0. The monoisotopic (exact) mass is 372 g/mol. The van der Waals surface area contributed by atoms with Gasteiger partial charge in [-0.3, -0.25) is 4.79 Å². The largest absolute Gasteiger partial charge is 0.465 e. The third-order valence-electron chi connectivity index (χ3n) is 4.37. The smallest absolute Gasteiger partial charge is 0.196 e. The number of carbonyl (C=O) groups is 1. The predicted octanol–water partition coefficient (Wildman–Crippen LogP) is 5.12. The lowest BCUT2D eigenvalue weighted by molar-refractivity contribution is -0.0382. The number of rotatable bonds is 6. The van der Waals surface area contributed by atoms with E-state index in [2.05, 4.69) is 32.9 Å². The molecule has 0 saturated carbocycles. The number of methoxy groups -OCH3 is 1. The quantitative estimate of drug-likeness (QED) is 0.522. The van der Waals surface area contributed by atoms with Gasteiger partial charge in [0.15, 0.2) is 11.8 Å². The van der Waals surface area contributed by atoms with Crippen molar-refractivity contribution in [1.29, 1.82) is 0 Å². The Labute approximate surface area is 158 Å². The van der Waals surface area contributed by atoms with Crippen LogP contribution in [0, 0.1) is 13.8 Å². The van der Waals surface area contributed by atoms with Gasteiger partial charge < -0.3 is 9.47 Å². The molecule has 0 aliphatic carbocycles. The van der Waals surface area contributed by atoms with Crippen LogP contribution in [0.3, 0.4) is 0 Å². The zero-order valence-electron chi connectivity index (χ0n) is 16.8. The summed E-state index contributed by atoms with van der Waals surface area (Å²) in [6, 6.07) is 12.0. The molecule has 0 aliphatic rings. The molecule has 0 aliphatic heterocycles. The molecular weight excluding hydrogens is 343 g/mol. The summed E-state index contributed by atoms with van der Waals surface area (Å²) in [5.74, 6) is 0.738. The molecule has 2 aromatic carbocycles. The Morgan fingerprint density at radius 3 is 2.04 bits per heavy atom. The Kier molecular flexibility index (Phi) is 6.60. The summed E-state index contributed by atoms with van der Waals surface area (Å²) in [6.07, 6.45) is -0.295. The fourth-order valence-corrected chi connectivity index (χ4v) is 3.92. The van der Waals surface area contributed by atoms with E-state index in [1.807, 2.05) is 45.0 Å². The van der Waals surface area contributed by atoms with Gasteiger partial charge in [-0.05, 0) is 68.9 Å². The van der Waals surface area contributed by atoms with Gasteiger partial charge in [0.05, 0.1) is 0 Å². The maximum atomic E-state index is 12.9. The first-order valence-electron chi connectivity index (χ1n) is 8.84. The Morgan fingerprint density at radius 1 is 1.04 bits per heavy atom. The van der Waals surface area contributed by atoms with Gasteiger partial charge in [-0.25, -0.2) is 0 Å². The second-order valence-corrected chi connectivity index (χ2v) is 8.92. The number of hydrogen-bond acceptors (Lipinski definition) is 3. The van der Waals surface area contributed by atoms with Gasteiger partial charge in [0.2, 0.25) is 0 Å². The second-order valence-electron chi connectivity index (χ2n) is 7.63. The maximum absolute atomic E-state index is 12.9. The molecule has 3 nitrogen and oxygen atoms in total. The highest BCUT2D eigenvalue weighted by Gasteiger charge is 2.19. The van der Waals surface area contributed by atoms with Gasteiger partial charge in [0, 0.05) is 12.7 Å². The van der Waals surface area contributed by atoms with Crippen molar-refractivity contribution in [2.75, 3.05) is 7.11 Å². The lowest BCUT2D eigenvalue weighted by atomic mass is 9.84. The van der Waals surface area contributed by atoms with Crippen molar-refractivity contribution < 1.29 is 14.3 Å². The Balaban J connectivity index is 2.17. The minimum Gasteiger partial charge on any atom is -0.465 e. The minimum absolute atomic E-state index is 0.0779. The van der Waals surface area contributed by atoms with Crippen molar-refractivity contribution >= 4 is 19.4 Å². The predicted molar refractivity (Wildman–Crippen MR) is 110 cm³/mol. The molecule has 0 saturated heterocycles. The summed E-state index contributed by atoms with van der Waals surface area (Å²) in [6.45, 7) is 12.5. The second kappa shape index (κ2) is 8.33. The van der Waals surface area contributed by atoms with Gasteiger partial charge in [-0.15, -0.1) is 0 Å². The molecular formula is C22H29O3P. The number of ether oxygens (including phenoxy) is 2. The Morgan fingerprint density at radius 2 is 1.58 bits per heavy atom. The van der Waals surface area contributed by atoms with Crippen molar-refractivity contribution in [2.45, 2.75) is 53.2 Å². The van der Waals surface area contributed by atoms with E-state index in [0.29, 0.717) is 0 Å². The highest BCUT2D eigenvalue weighted by Crippen LogP contribution is 2.30. The fraction of sp³-hybridized carbons (Fsp3) is 0.409. The van der Waals surface area contributed by atoms with Crippen molar-refractivity contribution in [1.82, 2.24) is 0 Å². The van der Waals surface area contributed by atoms with Crippen molar-refractivity contribution in [3.8, 4) is 5.75 Å². The SMILES string of the molecule is COC(C)Oc1ccc(PC(=O)c2c(C)cc(C(C)(C)C)cc2C)cc1. The van der Waals surface area contributed by atoms with E-state index in [4.69, 9.17) is 9.47 Å². The zero-order valence-corrected chi connectivity index (χ0v) is 17.8. The Hall–Kier alpha value is -1.70. The van der Waals surface area contributed by atoms with Crippen LogP contribution < -0.4 is 10.0 Å². The normalized spacial score (nSPS) is 13.2. The molecule has 140 valence electrons. The Bertz CT molecular complexity index is 750. The molecule has 0 aromatic heterocycles. The summed E-state index contributed by atoms with van der Waals surface area (Å²) in [5, 5.41) is 1.01. The maximum Gasteiger partial charge on any atom is 0.196 e. The molecule has 0 radical (unpaired) electrons. The molecule has 2 atom stereocenters. The van der Waals surface area contributed by atoms with Crippen LogP contribution in [-0.2, 0) is 10.2 Å². The van der Waals surface area contributed by atoms with E-state index in [-0.39, 0.29) is 25.8 Å². The van der Waals surface area contributed by atoms with Gasteiger partial charge in [0.25, 0.3) is 0 Å². The first-order chi connectivity index (χ1) is 12.1. The zero-order chi connectivity index (χ0) is 19.5. The summed E-state index contributed by atoms with van der Waals surface area (Å²) >= 11 is 0. The summed E-state index contributed by atoms with van der Waals surface area (Å²) in [7, 11) is 1.70. The first kappa shape index (κ1) is 20.6. The van der Waals surface area contributed by atoms with Crippen molar-refractivity contribution in [3.63, 3.8) is 0 Å². The van der Waals surface area contributed by atoms with Crippen LogP contribution in [0.15, 0.2) is 36.4 Å². The van der Waals surface area contributed by atoms with Crippen molar-refractivity contribution in [3.05, 3.63) is 58.7 Å². The molecule has 0 amide bonds. The fourth-order valence-electron chi connectivity index (χ4n) is 2.80. The third kappa shape index (κ3) is 5.16. The molecule has 2 unspecified atom stereocenters. The summed E-state index contributed by atoms with van der Waals surface area (Å²) < 4.78 is 10.7. The van der Waals surface area contributed by atoms with Crippen LogP contribution in [0.4, 0.5) is 0 Å².